The van der Waals surface area contributed by atoms with E-state index in [1.165, 1.54) is 17.5 Å². The van der Waals surface area contributed by atoms with Crippen LogP contribution in [0.3, 0.4) is 0 Å². The number of rotatable bonds is 2. The molecule has 2 aromatic heterocycles. The van der Waals surface area contributed by atoms with Gasteiger partial charge in [-0.05, 0) is 31.0 Å². The van der Waals surface area contributed by atoms with Gasteiger partial charge in [-0.25, -0.2) is 4.79 Å². The van der Waals surface area contributed by atoms with Gasteiger partial charge in [0.25, 0.3) is 0 Å². The highest BCUT2D eigenvalue weighted by atomic mass is 35.5. The van der Waals surface area contributed by atoms with Crippen molar-refractivity contribution in [3.05, 3.63) is 45.2 Å². The second-order valence-corrected chi connectivity index (χ2v) is 6.72. The Morgan fingerprint density at radius 1 is 1.38 bits per heavy atom. The fourth-order valence-electron chi connectivity index (χ4n) is 2.64. The fraction of sp³-hybridized carbons (Fsp3) is 0.200. The van der Waals surface area contributed by atoms with Crippen LogP contribution in [-0.4, -0.2) is 15.6 Å². The summed E-state index contributed by atoms with van der Waals surface area (Å²) in [5.41, 5.74) is 0.267. The molecule has 1 saturated carbocycles. The lowest BCUT2D eigenvalue weighted by atomic mass is 10.2. The smallest absolute Gasteiger partial charge is 0.341 e. The molecule has 0 radical (unpaired) electrons. The molecule has 0 atom stereocenters. The van der Waals surface area contributed by atoms with Gasteiger partial charge >= 0.3 is 5.97 Å². The van der Waals surface area contributed by atoms with Gasteiger partial charge in [0.1, 0.15) is 10.3 Å². The molecule has 1 aromatic carbocycles. The maximum atomic E-state index is 12.4. The van der Waals surface area contributed by atoms with Gasteiger partial charge in [-0.3, -0.25) is 4.79 Å². The van der Waals surface area contributed by atoms with Gasteiger partial charge in [-0.2, -0.15) is 0 Å². The highest BCUT2D eigenvalue weighted by Crippen LogP contribution is 2.41. The van der Waals surface area contributed by atoms with Crippen LogP contribution in [-0.2, 0) is 0 Å². The van der Waals surface area contributed by atoms with Crippen molar-refractivity contribution in [1.82, 2.24) is 4.57 Å². The molecule has 3 aromatic rings. The molecule has 1 aliphatic rings. The van der Waals surface area contributed by atoms with Crippen molar-refractivity contribution in [2.24, 2.45) is 0 Å². The third kappa shape index (κ3) is 1.88. The van der Waals surface area contributed by atoms with E-state index in [1.54, 1.807) is 6.07 Å². The first-order valence-corrected chi connectivity index (χ1v) is 7.76. The monoisotopic (exact) mass is 319 g/mol. The van der Waals surface area contributed by atoms with Gasteiger partial charge < -0.3 is 9.67 Å². The van der Waals surface area contributed by atoms with Crippen LogP contribution >= 0.6 is 22.9 Å². The third-order valence-electron chi connectivity index (χ3n) is 3.77. The second kappa shape index (κ2) is 4.32. The van der Waals surface area contributed by atoms with E-state index in [-0.39, 0.29) is 5.56 Å². The number of carboxylic acids is 1. The molecule has 1 aliphatic carbocycles. The van der Waals surface area contributed by atoms with E-state index in [2.05, 4.69) is 0 Å². The molecule has 1 fully saturated rings. The zero-order valence-electron chi connectivity index (χ0n) is 10.8. The predicted molar refractivity (Wildman–Crippen MR) is 83.8 cm³/mol. The van der Waals surface area contributed by atoms with Gasteiger partial charge in [0.15, 0.2) is 0 Å². The summed E-state index contributed by atoms with van der Waals surface area (Å²) in [6, 6.07) is 5.80. The Kier molecular flexibility index (Phi) is 2.65. The number of hydrogen-bond donors (Lipinski definition) is 1. The predicted octanol–water partition coefficient (Wildman–Crippen LogP) is 3.90. The Morgan fingerprint density at radius 2 is 2.14 bits per heavy atom. The van der Waals surface area contributed by atoms with E-state index in [0.29, 0.717) is 15.8 Å². The Labute approximate surface area is 128 Å². The molecule has 0 amide bonds. The maximum Gasteiger partial charge on any atom is 0.341 e. The number of aromatic carboxylic acids is 1. The number of pyridine rings is 1. The lowest BCUT2D eigenvalue weighted by molar-refractivity contribution is 0.0695. The summed E-state index contributed by atoms with van der Waals surface area (Å²) >= 11 is 7.32. The van der Waals surface area contributed by atoms with Crippen molar-refractivity contribution in [3.8, 4) is 0 Å². The second-order valence-electron chi connectivity index (χ2n) is 5.24. The Bertz CT molecular complexity index is 968. The zero-order valence-corrected chi connectivity index (χ0v) is 12.4. The normalized spacial score (nSPS) is 14.9. The summed E-state index contributed by atoms with van der Waals surface area (Å²) in [7, 11) is 0. The number of hydrogen-bond acceptors (Lipinski definition) is 3. The Morgan fingerprint density at radius 3 is 2.81 bits per heavy atom. The summed E-state index contributed by atoms with van der Waals surface area (Å²) in [6.45, 7) is 0. The summed E-state index contributed by atoms with van der Waals surface area (Å²) in [6.07, 6.45) is 3.52. The number of halogens is 1. The zero-order chi connectivity index (χ0) is 14.7. The molecule has 0 aliphatic heterocycles. The van der Waals surface area contributed by atoms with E-state index >= 15 is 0 Å². The number of carboxylic acid groups (broad SMARTS) is 1. The van der Waals surface area contributed by atoms with E-state index in [0.717, 1.165) is 28.4 Å². The summed E-state index contributed by atoms with van der Waals surface area (Å²) in [5.74, 6) is -1.17. The highest BCUT2D eigenvalue weighted by Gasteiger charge is 2.28. The Balaban J connectivity index is 2.22. The van der Waals surface area contributed by atoms with Crippen LogP contribution in [0.5, 0.6) is 0 Å². The number of fused-ring (bicyclic) bond motifs is 3. The molecule has 21 heavy (non-hydrogen) atoms. The molecule has 0 spiro atoms. The number of nitrogens with zero attached hydrogens (tertiary/aromatic N) is 1. The molecule has 106 valence electrons. The molecule has 4 nitrogen and oxygen atoms in total. The van der Waals surface area contributed by atoms with Crippen LogP contribution < -0.4 is 5.43 Å². The molecule has 0 bridgehead atoms. The number of aromatic nitrogens is 1. The summed E-state index contributed by atoms with van der Waals surface area (Å²) in [5, 5.41) is 10.8. The molecule has 4 rings (SSSR count). The van der Waals surface area contributed by atoms with E-state index in [9.17, 15) is 14.7 Å². The largest absolute Gasteiger partial charge is 0.477 e. The number of benzene rings is 1. The Hall–Kier alpha value is -1.85. The van der Waals surface area contributed by atoms with Gasteiger partial charge in [-0.15, -0.1) is 11.3 Å². The SMILES string of the molecule is O=C(O)c1cn(C2CC2)c2c(sc3cc(Cl)ccc32)c1=O. The lowest BCUT2D eigenvalue weighted by Gasteiger charge is -2.08. The van der Waals surface area contributed by atoms with Crippen molar-refractivity contribution in [2.75, 3.05) is 0 Å². The van der Waals surface area contributed by atoms with Crippen LogP contribution in [0.2, 0.25) is 5.02 Å². The summed E-state index contributed by atoms with van der Waals surface area (Å²) in [4.78, 5) is 23.7. The molecule has 0 unspecified atom stereocenters. The van der Waals surface area contributed by atoms with Crippen molar-refractivity contribution in [2.45, 2.75) is 18.9 Å². The van der Waals surface area contributed by atoms with Crippen LogP contribution in [0, 0.1) is 0 Å². The van der Waals surface area contributed by atoms with E-state index < -0.39 is 11.4 Å². The van der Waals surface area contributed by atoms with E-state index in [1.807, 2.05) is 16.7 Å². The first kappa shape index (κ1) is 12.9. The van der Waals surface area contributed by atoms with Crippen LogP contribution in [0.15, 0.2) is 29.2 Å². The van der Waals surface area contributed by atoms with Crippen molar-refractivity contribution < 1.29 is 9.90 Å². The minimum atomic E-state index is -1.17. The van der Waals surface area contributed by atoms with Crippen molar-refractivity contribution in [3.63, 3.8) is 0 Å². The molecular weight excluding hydrogens is 310 g/mol. The maximum absolute atomic E-state index is 12.4. The topological polar surface area (TPSA) is 59.3 Å². The number of thiophene rings is 1. The minimum Gasteiger partial charge on any atom is -0.477 e. The fourth-order valence-corrected chi connectivity index (χ4v) is 4.08. The quantitative estimate of drug-likeness (QED) is 0.779. The average Bonchev–Trinajstić information content (AvgIpc) is 3.20. The van der Waals surface area contributed by atoms with Crippen molar-refractivity contribution in [1.29, 1.82) is 0 Å². The first-order chi connectivity index (χ1) is 10.1. The van der Waals surface area contributed by atoms with Gasteiger partial charge in [0, 0.05) is 27.3 Å². The molecule has 2 heterocycles. The van der Waals surface area contributed by atoms with Crippen LogP contribution in [0.4, 0.5) is 0 Å². The average molecular weight is 320 g/mol. The van der Waals surface area contributed by atoms with Crippen LogP contribution in [0.25, 0.3) is 20.3 Å². The number of carbonyl (C=O) groups is 1. The van der Waals surface area contributed by atoms with Crippen molar-refractivity contribution >= 4 is 49.2 Å². The molecule has 0 saturated heterocycles. The molecular formula is C15H10ClNO3S. The molecule has 1 N–H and O–H groups in total. The van der Waals surface area contributed by atoms with Gasteiger partial charge in [-0.1, -0.05) is 11.6 Å². The third-order valence-corrected chi connectivity index (χ3v) is 5.15. The minimum absolute atomic E-state index is 0.160. The van der Waals surface area contributed by atoms with Crippen LogP contribution in [0.1, 0.15) is 29.2 Å². The van der Waals surface area contributed by atoms with Gasteiger partial charge in [0.05, 0.1) is 5.52 Å². The first-order valence-electron chi connectivity index (χ1n) is 6.56. The molecule has 6 heteroatoms. The van der Waals surface area contributed by atoms with E-state index in [4.69, 9.17) is 11.6 Å². The highest BCUT2D eigenvalue weighted by molar-refractivity contribution is 7.25. The standard InChI is InChI=1S/C15H10ClNO3S/c16-7-1-4-9-11(5-7)21-14-12(9)17(8-2-3-8)6-10(13(14)18)15(19)20/h1,4-6,8H,2-3H2,(H,19,20). The lowest BCUT2D eigenvalue weighted by Crippen LogP contribution is -2.17. The summed E-state index contributed by atoms with van der Waals surface area (Å²) < 4.78 is 3.36. The van der Waals surface area contributed by atoms with Gasteiger partial charge in [0.2, 0.25) is 5.43 Å².